The molecule has 0 radical (unpaired) electrons. The molecule has 0 aliphatic carbocycles. The number of hydrogen-bond donors (Lipinski definition) is 2. The SMILES string of the molecule is COCCN(CC(=O)O)CC(=O)Nc1c(C)nn(C)c1C. The molecule has 8 heteroatoms. The van der Waals surface area contributed by atoms with Crippen LogP contribution in [-0.4, -0.2) is 65.0 Å². The maximum absolute atomic E-state index is 12.1. The summed E-state index contributed by atoms with van der Waals surface area (Å²) in [7, 11) is 3.33. The Morgan fingerprint density at radius 3 is 2.52 bits per heavy atom. The van der Waals surface area contributed by atoms with Crippen molar-refractivity contribution in [3.63, 3.8) is 0 Å². The van der Waals surface area contributed by atoms with Gasteiger partial charge in [0.25, 0.3) is 0 Å². The number of methoxy groups -OCH3 is 1. The third kappa shape index (κ3) is 5.16. The van der Waals surface area contributed by atoms with Gasteiger partial charge < -0.3 is 15.2 Å². The lowest BCUT2D eigenvalue weighted by molar-refractivity contribution is -0.138. The Balaban J connectivity index is 2.66. The summed E-state index contributed by atoms with van der Waals surface area (Å²) in [6.07, 6.45) is 0. The molecule has 0 saturated carbocycles. The minimum atomic E-state index is -0.979. The predicted octanol–water partition coefficient (Wildman–Crippen LogP) is 0.00844. The van der Waals surface area contributed by atoms with Crippen LogP contribution in [0.5, 0.6) is 0 Å². The van der Waals surface area contributed by atoms with E-state index in [4.69, 9.17) is 9.84 Å². The number of rotatable bonds is 8. The Morgan fingerprint density at radius 2 is 2.05 bits per heavy atom. The highest BCUT2D eigenvalue weighted by Crippen LogP contribution is 2.18. The van der Waals surface area contributed by atoms with Crippen LogP contribution in [0, 0.1) is 13.8 Å². The van der Waals surface area contributed by atoms with Gasteiger partial charge in [-0.15, -0.1) is 0 Å². The summed E-state index contributed by atoms with van der Waals surface area (Å²) in [4.78, 5) is 24.4. The van der Waals surface area contributed by atoms with Gasteiger partial charge in [0.05, 0.1) is 36.8 Å². The van der Waals surface area contributed by atoms with Gasteiger partial charge in [0.2, 0.25) is 5.91 Å². The van der Waals surface area contributed by atoms with E-state index in [1.54, 1.807) is 11.7 Å². The number of carboxylic acids is 1. The Morgan fingerprint density at radius 1 is 1.38 bits per heavy atom. The molecule has 8 nitrogen and oxygen atoms in total. The van der Waals surface area contributed by atoms with Crippen molar-refractivity contribution in [2.75, 3.05) is 38.7 Å². The van der Waals surface area contributed by atoms with Crippen molar-refractivity contribution in [2.45, 2.75) is 13.8 Å². The molecular weight excluding hydrogens is 276 g/mol. The summed E-state index contributed by atoms with van der Waals surface area (Å²) < 4.78 is 6.60. The van der Waals surface area contributed by atoms with E-state index in [9.17, 15) is 9.59 Å². The van der Waals surface area contributed by atoms with Crippen LogP contribution in [0.2, 0.25) is 0 Å². The van der Waals surface area contributed by atoms with E-state index in [1.165, 1.54) is 12.0 Å². The monoisotopic (exact) mass is 298 g/mol. The first kappa shape index (κ1) is 17.1. The molecule has 21 heavy (non-hydrogen) atoms. The molecular formula is C13H22N4O4. The largest absolute Gasteiger partial charge is 0.480 e. The minimum Gasteiger partial charge on any atom is -0.480 e. The van der Waals surface area contributed by atoms with Crippen LogP contribution < -0.4 is 5.32 Å². The number of anilines is 1. The smallest absolute Gasteiger partial charge is 0.317 e. The van der Waals surface area contributed by atoms with Gasteiger partial charge >= 0.3 is 5.97 Å². The number of carbonyl (C=O) groups excluding carboxylic acids is 1. The number of aliphatic carboxylic acids is 1. The number of nitrogens with zero attached hydrogens (tertiary/aromatic N) is 3. The standard InChI is InChI=1S/C13H22N4O4/c1-9-13(10(2)16(3)15-9)14-11(18)7-17(5-6-21-4)8-12(19)20/h5-8H2,1-4H3,(H,14,18)(H,19,20). The van der Waals surface area contributed by atoms with Crippen molar-refractivity contribution in [3.05, 3.63) is 11.4 Å². The average Bonchev–Trinajstić information content (AvgIpc) is 2.62. The van der Waals surface area contributed by atoms with Crippen molar-refractivity contribution in [1.29, 1.82) is 0 Å². The van der Waals surface area contributed by atoms with Crippen molar-refractivity contribution in [2.24, 2.45) is 7.05 Å². The van der Waals surface area contributed by atoms with E-state index in [-0.39, 0.29) is 19.0 Å². The van der Waals surface area contributed by atoms with Crippen molar-refractivity contribution < 1.29 is 19.4 Å². The van der Waals surface area contributed by atoms with Crippen LogP contribution in [0.4, 0.5) is 5.69 Å². The highest BCUT2D eigenvalue weighted by Gasteiger charge is 2.17. The maximum Gasteiger partial charge on any atom is 0.317 e. The molecule has 0 aliphatic heterocycles. The van der Waals surface area contributed by atoms with Gasteiger partial charge in [-0.2, -0.15) is 5.10 Å². The van der Waals surface area contributed by atoms with Crippen molar-refractivity contribution in [3.8, 4) is 0 Å². The van der Waals surface area contributed by atoms with Crippen LogP contribution in [0.15, 0.2) is 0 Å². The van der Waals surface area contributed by atoms with Crippen LogP contribution in [0.1, 0.15) is 11.4 Å². The van der Waals surface area contributed by atoms with Gasteiger partial charge in [-0.05, 0) is 13.8 Å². The second-order valence-electron chi connectivity index (χ2n) is 4.81. The second kappa shape index (κ2) is 7.75. The molecule has 0 saturated heterocycles. The van der Waals surface area contributed by atoms with E-state index >= 15 is 0 Å². The number of carboxylic acid groups (broad SMARTS) is 1. The van der Waals surface area contributed by atoms with Crippen molar-refractivity contribution >= 4 is 17.6 Å². The van der Waals surface area contributed by atoms with Crippen LogP contribution in [0.25, 0.3) is 0 Å². The van der Waals surface area contributed by atoms with Gasteiger partial charge in [0.1, 0.15) is 0 Å². The molecule has 1 amide bonds. The van der Waals surface area contributed by atoms with E-state index in [0.717, 1.165) is 11.4 Å². The number of hydrogen-bond acceptors (Lipinski definition) is 5. The first-order valence-corrected chi connectivity index (χ1v) is 6.58. The first-order chi connectivity index (χ1) is 9.85. The van der Waals surface area contributed by atoms with Gasteiger partial charge in [-0.3, -0.25) is 19.2 Å². The summed E-state index contributed by atoms with van der Waals surface area (Å²) in [5.74, 6) is -1.25. The van der Waals surface area contributed by atoms with E-state index in [1.807, 2.05) is 13.8 Å². The zero-order chi connectivity index (χ0) is 16.0. The number of amides is 1. The fraction of sp³-hybridized carbons (Fsp3) is 0.615. The second-order valence-corrected chi connectivity index (χ2v) is 4.81. The Hall–Kier alpha value is -1.93. The minimum absolute atomic E-state index is 0.0105. The molecule has 118 valence electrons. The molecule has 0 atom stereocenters. The fourth-order valence-electron chi connectivity index (χ4n) is 1.96. The average molecular weight is 298 g/mol. The molecule has 1 rings (SSSR count). The highest BCUT2D eigenvalue weighted by molar-refractivity contribution is 5.93. The third-order valence-electron chi connectivity index (χ3n) is 3.11. The summed E-state index contributed by atoms with van der Waals surface area (Å²) in [5, 5.41) is 15.8. The fourth-order valence-corrected chi connectivity index (χ4v) is 1.96. The van der Waals surface area contributed by atoms with Crippen molar-refractivity contribution in [1.82, 2.24) is 14.7 Å². The van der Waals surface area contributed by atoms with Crippen LogP contribution in [0.3, 0.4) is 0 Å². The topological polar surface area (TPSA) is 96.7 Å². The molecule has 0 aromatic carbocycles. The number of aromatic nitrogens is 2. The molecule has 0 fully saturated rings. The number of ether oxygens (including phenoxy) is 1. The Labute approximate surface area is 123 Å². The lowest BCUT2D eigenvalue weighted by atomic mass is 10.3. The third-order valence-corrected chi connectivity index (χ3v) is 3.11. The summed E-state index contributed by atoms with van der Waals surface area (Å²) >= 11 is 0. The molecule has 0 bridgehead atoms. The lowest BCUT2D eigenvalue weighted by Crippen LogP contribution is -2.39. The Bertz CT molecular complexity index is 513. The molecule has 0 aliphatic rings. The van der Waals surface area contributed by atoms with E-state index in [2.05, 4.69) is 10.4 Å². The maximum atomic E-state index is 12.1. The summed E-state index contributed by atoms with van der Waals surface area (Å²) in [6.45, 7) is 4.19. The van der Waals surface area contributed by atoms with Gasteiger partial charge in [0, 0.05) is 20.7 Å². The summed E-state index contributed by atoms with van der Waals surface area (Å²) in [6, 6.07) is 0. The van der Waals surface area contributed by atoms with Gasteiger partial charge in [-0.25, -0.2) is 0 Å². The van der Waals surface area contributed by atoms with Crippen LogP contribution in [-0.2, 0) is 21.4 Å². The van der Waals surface area contributed by atoms with Crippen LogP contribution >= 0.6 is 0 Å². The molecule has 1 aromatic heterocycles. The highest BCUT2D eigenvalue weighted by atomic mass is 16.5. The predicted molar refractivity (Wildman–Crippen MR) is 77.3 cm³/mol. The first-order valence-electron chi connectivity index (χ1n) is 6.58. The number of carbonyl (C=O) groups is 2. The molecule has 0 unspecified atom stereocenters. The van der Waals surface area contributed by atoms with Gasteiger partial charge in [0.15, 0.2) is 0 Å². The summed E-state index contributed by atoms with van der Waals surface area (Å²) in [5.41, 5.74) is 2.25. The molecule has 2 N–H and O–H groups in total. The molecule has 0 spiro atoms. The Kier molecular flexibility index (Phi) is 6.32. The number of aryl methyl sites for hydroxylation is 2. The normalized spacial score (nSPS) is 10.9. The van der Waals surface area contributed by atoms with Gasteiger partial charge in [-0.1, -0.05) is 0 Å². The quantitative estimate of drug-likeness (QED) is 0.701. The van der Waals surface area contributed by atoms with E-state index < -0.39 is 5.97 Å². The zero-order valence-electron chi connectivity index (χ0n) is 12.8. The zero-order valence-corrected chi connectivity index (χ0v) is 12.8. The molecule has 1 heterocycles. The van der Waals surface area contributed by atoms with E-state index in [0.29, 0.717) is 18.8 Å². The molecule has 1 aromatic rings. The number of nitrogens with one attached hydrogen (secondary N) is 1. The lowest BCUT2D eigenvalue weighted by Gasteiger charge is -2.19.